The van der Waals surface area contributed by atoms with Crippen LogP contribution in [0.3, 0.4) is 0 Å². The molecule has 0 atom stereocenters. The van der Waals surface area contributed by atoms with E-state index in [1.54, 1.807) is 19.2 Å². The quantitative estimate of drug-likeness (QED) is 0.894. The highest BCUT2D eigenvalue weighted by molar-refractivity contribution is 6.33. The van der Waals surface area contributed by atoms with Crippen molar-refractivity contribution in [1.82, 2.24) is 14.8 Å². The molecule has 0 saturated carbocycles. The van der Waals surface area contributed by atoms with Crippen molar-refractivity contribution in [3.63, 3.8) is 0 Å². The Kier molecular flexibility index (Phi) is 4.61. The van der Waals surface area contributed by atoms with Crippen molar-refractivity contribution >= 4 is 23.3 Å². The second-order valence-electron chi connectivity index (χ2n) is 4.73. The lowest BCUT2D eigenvalue weighted by molar-refractivity contribution is 0.0757. The molecule has 0 aliphatic carbocycles. The molecule has 5 nitrogen and oxygen atoms in total. The third kappa shape index (κ3) is 3.36. The van der Waals surface area contributed by atoms with Gasteiger partial charge in [-0.3, -0.25) is 4.79 Å². The van der Waals surface area contributed by atoms with Gasteiger partial charge < -0.3 is 15.1 Å². The Bertz CT molecular complexity index is 466. The number of nitrogens with one attached hydrogen (secondary N) is 1. The Morgan fingerprint density at radius 1 is 1.32 bits per heavy atom. The number of pyridine rings is 1. The Morgan fingerprint density at radius 3 is 2.84 bits per heavy atom. The number of anilines is 1. The van der Waals surface area contributed by atoms with E-state index >= 15 is 0 Å². The molecular weight excluding hydrogens is 264 g/mol. The van der Waals surface area contributed by atoms with Crippen molar-refractivity contribution in [2.45, 2.75) is 6.42 Å². The predicted octanol–water partition coefficient (Wildman–Crippen LogP) is 1.55. The number of amides is 1. The maximum absolute atomic E-state index is 12.5. The standard InChI is InChI=1S/C13H19ClN4O/c1-15-11-5-4-10(14)12(16-11)13(19)18-7-3-6-17(2)8-9-18/h4-5H,3,6-9H2,1-2H3,(H,15,16). The van der Waals surface area contributed by atoms with Gasteiger partial charge in [-0.15, -0.1) is 0 Å². The highest BCUT2D eigenvalue weighted by Gasteiger charge is 2.22. The lowest BCUT2D eigenvalue weighted by atomic mass is 10.3. The first-order valence-corrected chi connectivity index (χ1v) is 6.81. The molecule has 1 aromatic rings. The van der Waals surface area contributed by atoms with Gasteiger partial charge in [0.25, 0.3) is 5.91 Å². The normalized spacial score (nSPS) is 17.1. The van der Waals surface area contributed by atoms with Gasteiger partial charge in [-0.25, -0.2) is 4.98 Å². The molecule has 2 rings (SSSR count). The minimum Gasteiger partial charge on any atom is -0.373 e. The van der Waals surface area contributed by atoms with Crippen LogP contribution in [0, 0.1) is 0 Å². The van der Waals surface area contributed by atoms with Crippen LogP contribution in [0.5, 0.6) is 0 Å². The molecule has 1 aromatic heterocycles. The summed E-state index contributed by atoms with van der Waals surface area (Å²) in [5.41, 5.74) is 0.332. The van der Waals surface area contributed by atoms with E-state index in [0.29, 0.717) is 16.5 Å². The summed E-state index contributed by atoms with van der Waals surface area (Å²) in [5, 5.41) is 3.33. The van der Waals surface area contributed by atoms with Gasteiger partial charge in [0.15, 0.2) is 0 Å². The predicted molar refractivity (Wildman–Crippen MR) is 76.8 cm³/mol. The first kappa shape index (κ1) is 14.1. The molecule has 0 aromatic carbocycles. The number of hydrogen-bond acceptors (Lipinski definition) is 4. The highest BCUT2D eigenvalue weighted by Crippen LogP contribution is 2.19. The largest absolute Gasteiger partial charge is 0.373 e. The fourth-order valence-electron chi connectivity index (χ4n) is 2.13. The summed E-state index contributed by atoms with van der Waals surface area (Å²) in [7, 11) is 3.84. The minimum absolute atomic E-state index is 0.0857. The summed E-state index contributed by atoms with van der Waals surface area (Å²) >= 11 is 6.09. The summed E-state index contributed by atoms with van der Waals surface area (Å²) in [6.45, 7) is 3.37. The first-order chi connectivity index (χ1) is 9.11. The average molecular weight is 283 g/mol. The Balaban J connectivity index is 2.18. The van der Waals surface area contributed by atoms with Crippen LogP contribution < -0.4 is 5.32 Å². The van der Waals surface area contributed by atoms with Gasteiger partial charge in [0, 0.05) is 26.7 Å². The monoisotopic (exact) mass is 282 g/mol. The second-order valence-corrected chi connectivity index (χ2v) is 5.13. The van der Waals surface area contributed by atoms with Crippen LogP contribution in [0.25, 0.3) is 0 Å². The molecule has 1 aliphatic heterocycles. The lowest BCUT2D eigenvalue weighted by Gasteiger charge is -2.20. The third-order valence-electron chi connectivity index (χ3n) is 3.31. The van der Waals surface area contributed by atoms with E-state index in [-0.39, 0.29) is 5.91 Å². The number of rotatable bonds is 2. The van der Waals surface area contributed by atoms with E-state index in [1.807, 2.05) is 4.90 Å². The number of nitrogens with zero attached hydrogens (tertiary/aromatic N) is 3. The zero-order valence-corrected chi connectivity index (χ0v) is 12.1. The van der Waals surface area contributed by atoms with E-state index in [4.69, 9.17) is 11.6 Å². The van der Waals surface area contributed by atoms with E-state index in [2.05, 4.69) is 22.2 Å². The van der Waals surface area contributed by atoms with Gasteiger partial charge in [0.05, 0.1) is 5.02 Å². The molecule has 1 amide bonds. The minimum atomic E-state index is -0.0857. The van der Waals surface area contributed by atoms with Crippen molar-refractivity contribution in [1.29, 1.82) is 0 Å². The summed E-state index contributed by atoms with van der Waals surface area (Å²) < 4.78 is 0. The van der Waals surface area contributed by atoms with Crippen LogP contribution in [-0.4, -0.2) is 61.0 Å². The van der Waals surface area contributed by atoms with Gasteiger partial charge in [0.2, 0.25) is 0 Å². The number of hydrogen-bond donors (Lipinski definition) is 1. The van der Waals surface area contributed by atoms with Crippen molar-refractivity contribution < 1.29 is 4.79 Å². The molecule has 19 heavy (non-hydrogen) atoms. The first-order valence-electron chi connectivity index (χ1n) is 6.44. The van der Waals surface area contributed by atoms with E-state index in [1.165, 1.54) is 0 Å². The molecule has 1 aliphatic rings. The van der Waals surface area contributed by atoms with Gasteiger partial charge in [0.1, 0.15) is 11.5 Å². The average Bonchev–Trinajstić information content (AvgIpc) is 2.63. The Morgan fingerprint density at radius 2 is 2.11 bits per heavy atom. The highest BCUT2D eigenvalue weighted by atomic mass is 35.5. The number of likely N-dealkylation sites (N-methyl/N-ethyl adjacent to an activating group) is 1. The van der Waals surface area contributed by atoms with Gasteiger partial charge in [-0.2, -0.15) is 0 Å². The molecule has 0 unspecified atom stereocenters. The maximum atomic E-state index is 12.5. The van der Waals surface area contributed by atoms with Crippen LogP contribution >= 0.6 is 11.6 Å². The maximum Gasteiger partial charge on any atom is 0.274 e. The summed E-state index contributed by atoms with van der Waals surface area (Å²) in [6.07, 6.45) is 0.978. The van der Waals surface area contributed by atoms with E-state index in [9.17, 15) is 4.79 Å². The molecule has 1 saturated heterocycles. The van der Waals surface area contributed by atoms with E-state index in [0.717, 1.165) is 32.6 Å². The summed E-state index contributed by atoms with van der Waals surface area (Å²) in [6, 6.07) is 3.47. The second kappa shape index (κ2) is 6.21. The van der Waals surface area contributed by atoms with Crippen molar-refractivity contribution in [3.8, 4) is 0 Å². The molecule has 6 heteroatoms. The topological polar surface area (TPSA) is 48.5 Å². The van der Waals surface area contributed by atoms with Crippen LogP contribution in [0.1, 0.15) is 16.9 Å². The summed E-state index contributed by atoms with van der Waals surface area (Å²) in [4.78, 5) is 20.8. The fourth-order valence-corrected chi connectivity index (χ4v) is 2.32. The third-order valence-corrected chi connectivity index (χ3v) is 3.62. The van der Waals surface area contributed by atoms with Crippen LogP contribution in [0.2, 0.25) is 5.02 Å². The smallest absolute Gasteiger partial charge is 0.274 e. The van der Waals surface area contributed by atoms with Crippen molar-refractivity contribution in [2.75, 3.05) is 45.6 Å². The number of carbonyl (C=O) groups excluding carboxylic acids is 1. The fraction of sp³-hybridized carbons (Fsp3) is 0.538. The molecule has 0 bridgehead atoms. The van der Waals surface area contributed by atoms with E-state index < -0.39 is 0 Å². The van der Waals surface area contributed by atoms with Crippen LogP contribution in [-0.2, 0) is 0 Å². The molecule has 104 valence electrons. The van der Waals surface area contributed by atoms with Gasteiger partial charge in [-0.1, -0.05) is 11.6 Å². The lowest BCUT2D eigenvalue weighted by Crippen LogP contribution is -2.35. The molecular formula is C13H19ClN4O. The number of aromatic nitrogens is 1. The molecule has 1 N–H and O–H groups in total. The summed E-state index contributed by atoms with van der Waals surface area (Å²) in [5.74, 6) is 0.567. The van der Waals surface area contributed by atoms with Crippen molar-refractivity contribution in [3.05, 3.63) is 22.8 Å². The SMILES string of the molecule is CNc1ccc(Cl)c(C(=O)N2CCCN(C)CC2)n1. The zero-order valence-electron chi connectivity index (χ0n) is 11.3. The Hall–Kier alpha value is -1.33. The molecule has 0 radical (unpaired) electrons. The molecule has 2 heterocycles. The van der Waals surface area contributed by atoms with Gasteiger partial charge >= 0.3 is 0 Å². The van der Waals surface area contributed by atoms with Crippen LogP contribution in [0.4, 0.5) is 5.82 Å². The van der Waals surface area contributed by atoms with Crippen LogP contribution in [0.15, 0.2) is 12.1 Å². The van der Waals surface area contributed by atoms with Gasteiger partial charge in [-0.05, 0) is 32.1 Å². The van der Waals surface area contributed by atoms with Crippen molar-refractivity contribution in [2.24, 2.45) is 0 Å². The zero-order chi connectivity index (χ0) is 13.8. The number of carbonyl (C=O) groups is 1. The Labute approximate surface area is 118 Å². The molecule has 0 spiro atoms. The molecule has 1 fully saturated rings. The number of halogens is 1.